The average molecular weight is 293 g/mol. The third-order valence-corrected chi connectivity index (χ3v) is 3.19. The van der Waals surface area contributed by atoms with Gasteiger partial charge >= 0.3 is 0 Å². The van der Waals surface area contributed by atoms with Crippen LogP contribution in [0.3, 0.4) is 0 Å². The first kappa shape index (κ1) is 13.6. The molecule has 2 N–H and O–H groups in total. The van der Waals surface area contributed by atoms with Crippen molar-refractivity contribution in [2.75, 3.05) is 17.2 Å². The number of nitriles is 1. The van der Waals surface area contributed by atoms with E-state index in [-0.39, 0.29) is 18.1 Å². The predicted octanol–water partition coefficient (Wildman–Crippen LogP) is 2.14. The quantitative estimate of drug-likeness (QED) is 0.887. The molecule has 108 valence electrons. The zero-order valence-electron chi connectivity index (χ0n) is 11.4. The molecule has 0 radical (unpaired) electrons. The summed E-state index contributed by atoms with van der Waals surface area (Å²) in [5, 5.41) is 14.4. The van der Waals surface area contributed by atoms with Crippen molar-refractivity contribution in [2.45, 2.75) is 0 Å². The normalized spacial score (nSPS) is 12.4. The summed E-state index contributed by atoms with van der Waals surface area (Å²) in [5.74, 6) is -0.295. The van der Waals surface area contributed by atoms with Crippen LogP contribution in [0.4, 0.5) is 11.4 Å². The largest absolute Gasteiger partial charge is 0.482 e. The van der Waals surface area contributed by atoms with Crippen LogP contribution in [0.25, 0.3) is 0 Å². The second-order valence-electron chi connectivity index (χ2n) is 4.63. The monoisotopic (exact) mass is 293 g/mol. The first-order chi connectivity index (χ1) is 10.7. The highest BCUT2D eigenvalue weighted by Crippen LogP contribution is 2.31. The lowest BCUT2D eigenvalue weighted by Crippen LogP contribution is -2.27. The van der Waals surface area contributed by atoms with E-state index in [2.05, 4.69) is 10.6 Å². The molecular formula is C16H11N3O3. The molecule has 1 heterocycles. The van der Waals surface area contributed by atoms with Crippen LogP contribution in [0.15, 0.2) is 42.5 Å². The van der Waals surface area contributed by atoms with E-state index in [9.17, 15) is 9.59 Å². The number of carbonyl (C=O) groups excluding carboxylic acids is 2. The molecule has 0 fully saturated rings. The van der Waals surface area contributed by atoms with E-state index in [1.807, 2.05) is 6.07 Å². The molecule has 6 heteroatoms. The van der Waals surface area contributed by atoms with E-state index >= 15 is 0 Å². The summed E-state index contributed by atoms with van der Waals surface area (Å²) in [6.45, 7) is -0.0741. The number of carbonyl (C=O) groups is 2. The molecule has 3 rings (SSSR count). The van der Waals surface area contributed by atoms with Gasteiger partial charge in [-0.05, 0) is 24.3 Å². The number of nitrogens with zero attached hydrogens (tertiary/aromatic N) is 1. The van der Waals surface area contributed by atoms with Gasteiger partial charge in [0.05, 0.1) is 22.5 Å². The maximum absolute atomic E-state index is 12.4. The van der Waals surface area contributed by atoms with Crippen molar-refractivity contribution in [3.05, 3.63) is 53.6 Å². The molecule has 2 aromatic carbocycles. The lowest BCUT2D eigenvalue weighted by Gasteiger charge is -2.20. The molecule has 6 nitrogen and oxygen atoms in total. The number of para-hydroxylation sites is 2. The molecule has 0 unspecified atom stereocenters. The second kappa shape index (κ2) is 5.58. The fourth-order valence-electron chi connectivity index (χ4n) is 2.17. The SMILES string of the molecule is N#Cc1ccccc1NC(=O)c1cccc2c1NC(=O)CO2. The van der Waals surface area contributed by atoms with Gasteiger partial charge < -0.3 is 15.4 Å². The Kier molecular flexibility index (Phi) is 3.46. The van der Waals surface area contributed by atoms with Gasteiger partial charge in [0.25, 0.3) is 11.8 Å². The molecule has 0 spiro atoms. The molecule has 0 atom stereocenters. The average Bonchev–Trinajstić information content (AvgIpc) is 2.54. The Labute approximate surface area is 126 Å². The Hall–Kier alpha value is -3.33. The molecule has 22 heavy (non-hydrogen) atoms. The zero-order chi connectivity index (χ0) is 15.5. The Morgan fingerprint density at radius 2 is 2.05 bits per heavy atom. The molecule has 0 aliphatic carbocycles. The summed E-state index contributed by atoms with van der Waals surface area (Å²) in [4.78, 5) is 23.9. The summed E-state index contributed by atoms with van der Waals surface area (Å²) in [6.07, 6.45) is 0. The molecule has 1 aliphatic heterocycles. The van der Waals surface area contributed by atoms with E-state index in [4.69, 9.17) is 10.00 Å². The van der Waals surface area contributed by atoms with E-state index in [0.717, 1.165) is 0 Å². The van der Waals surface area contributed by atoms with Crippen molar-refractivity contribution in [2.24, 2.45) is 0 Å². The summed E-state index contributed by atoms with van der Waals surface area (Å²) < 4.78 is 5.28. The van der Waals surface area contributed by atoms with Crippen molar-refractivity contribution in [1.29, 1.82) is 5.26 Å². The van der Waals surface area contributed by atoms with Crippen LogP contribution in [0, 0.1) is 11.3 Å². The van der Waals surface area contributed by atoms with E-state index < -0.39 is 5.91 Å². The molecule has 0 bridgehead atoms. The van der Waals surface area contributed by atoms with Gasteiger partial charge in [-0.2, -0.15) is 5.26 Å². The van der Waals surface area contributed by atoms with Crippen LogP contribution in [0.1, 0.15) is 15.9 Å². The number of fused-ring (bicyclic) bond motifs is 1. The molecule has 0 saturated carbocycles. The van der Waals surface area contributed by atoms with Gasteiger partial charge in [0.1, 0.15) is 11.8 Å². The van der Waals surface area contributed by atoms with Gasteiger partial charge in [-0.25, -0.2) is 0 Å². The van der Waals surface area contributed by atoms with Crippen LogP contribution in [0.5, 0.6) is 5.75 Å². The summed E-state index contributed by atoms with van der Waals surface area (Å²) in [6, 6.07) is 13.6. The predicted molar refractivity (Wildman–Crippen MR) is 79.7 cm³/mol. The minimum atomic E-state index is -0.426. The van der Waals surface area contributed by atoms with E-state index in [0.29, 0.717) is 22.7 Å². The van der Waals surface area contributed by atoms with Crippen molar-refractivity contribution in [3.8, 4) is 11.8 Å². The lowest BCUT2D eigenvalue weighted by molar-refractivity contribution is -0.118. The van der Waals surface area contributed by atoms with E-state index in [1.165, 1.54) is 0 Å². The number of rotatable bonds is 2. The molecular weight excluding hydrogens is 282 g/mol. The minimum absolute atomic E-state index is 0.0741. The van der Waals surface area contributed by atoms with Gasteiger partial charge in [-0.3, -0.25) is 9.59 Å². The number of amides is 2. The maximum atomic E-state index is 12.4. The van der Waals surface area contributed by atoms with Crippen molar-refractivity contribution in [3.63, 3.8) is 0 Å². The standard InChI is InChI=1S/C16H11N3O3/c17-8-10-4-1-2-6-12(10)18-16(21)11-5-3-7-13-15(11)19-14(20)9-22-13/h1-7H,9H2,(H,18,21)(H,19,20). The maximum Gasteiger partial charge on any atom is 0.262 e. The van der Waals surface area contributed by atoms with Gasteiger partial charge in [0.2, 0.25) is 0 Å². The van der Waals surface area contributed by atoms with Crippen LogP contribution in [0.2, 0.25) is 0 Å². The molecule has 0 aromatic heterocycles. The highest BCUT2D eigenvalue weighted by molar-refractivity contribution is 6.12. The lowest BCUT2D eigenvalue weighted by atomic mass is 10.1. The van der Waals surface area contributed by atoms with Crippen molar-refractivity contribution >= 4 is 23.2 Å². The molecule has 2 amide bonds. The minimum Gasteiger partial charge on any atom is -0.482 e. The van der Waals surface area contributed by atoms with Crippen LogP contribution in [-0.2, 0) is 4.79 Å². The fourth-order valence-corrected chi connectivity index (χ4v) is 2.17. The molecule has 2 aromatic rings. The van der Waals surface area contributed by atoms with Crippen molar-refractivity contribution in [1.82, 2.24) is 0 Å². The highest BCUT2D eigenvalue weighted by Gasteiger charge is 2.22. The number of ether oxygens (including phenoxy) is 1. The zero-order valence-corrected chi connectivity index (χ0v) is 11.4. The number of hydrogen-bond acceptors (Lipinski definition) is 4. The van der Waals surface area contributed by atoms with Gasteiger partial charge in [0.15, 0.2) is 6.61 Å². The third kappa shape index (κ3) is 2.47. The Morgan fingerprint density at radius 3 is 2.86 bits per heavy atom. The van der Waals surface area contributed by atoms with Gasteiger partial charge in [0, 0.05) is 0 Å². The topological polar surface area (TPSA) is 91.2 Å². The number of nitrogens with one attached hydrogen (secondary N) is 2. The van der Waals surface area contributed by atoms with Gasteiger partial charge in [-0.1, -0.05) is 18.2 Å². The van der Waals surface area contributed by atoms with Crippen LogP contribution >= 0.6 is 0 Å². The Morgan fingerprint density at radius 1 is 1.23 bits per heavy atom. The number of anilines is 2. The molecule has 1 aliphatic rings. The summed E-state index contributed by atoms with van der Waals surface area (Å²) in [5.41, 5.74) is 1.39. The van der Waals surface area contributed by atoms with Crippen LogP contribution in [-0.4, -0.2) is 18.4 Å². The fraction of sp³-hybridized carbons (Fsp3) is 0.0625. The van der Waals surface area contributed by atoms with Gasteiger partial charge in [-0.15, -0.1) is 0 Å². The second-order valence-corrected chi connectivity index (χ2v) is 4.63. The molecule has 0 saturated heterocycles. The highest BCUT2D eigenvalue weighted by atomic mass is 16.5. The first-order valence-corrected chi connectivity index (χ1v) is 6.55. The summed E-state index contributed by atoms with van der Waals surface area (Å²) >= 11 is 0. The summed E-state index contributed by atoms with van der Waals surface area (Å²) in [7, 11) is 0. The van der Waals surface area contributed by atoms with Crippen molar-refractivity contribution < 1.29 is 14.3 Å². The Bertz CT molecular complexity index is 809. The first-order valence-electron chi connectivity index (χ1n) is 6.55. The number of hydrogen-bond donors (Lipinski definition) is 2. The number of benzene rings is 2. The van der Waals surface area contributed by atoms with Crippen LogP contribution < -0.4 is 15.4 Å². The van der Waals surface area contributed by atoms with E-state index in [1.54, 1.807) is 42.5 Å². The smallest absolute Gasteiger partial charge is 0.262 e. The third-order valence-electron chi connectivity index (χ3n) is 3.19. The Balaban J connectivity index is 1.94.